The van der Waals surface area contributed by atoms with Gasteiger partial charge in [-0.15, -0.1) is 52.6 Å². The Morgan fingerprint density at radius 1 is 0.287 bits per heavy atom. The van der Waals surface area contributed by atoms with Crippen LogP contribution < -0.4 is 0 Å². The lowest BCUT2D eigenvalue weighted by atomic mass is 9.97. The van der Waals surface area contributed by atoms with E-state index in [9.17, 15) is 0 Å². The molecule has 2 rings (SSSR count). The zero-order valence-corrected chi connectivity index (χ0v) is 53.9. The molecule has 0 N–H and O–H groups in total. The lowest BCUT2D eigenvalue weighted by Gasteiger charge is -2.48. The van der Waals surface area contributed by atoms with Crippen molar-refractivity contribution in [3.8, 4) is 0 Å². The molecule has 2 aliphatic rings. The van der Waals surface area contributed by atoms with Gasteiger partial charge in [-0.25, -0.2) is 0 Å². The van der Waals surface area contributed by atoms with Gasteiger partial charge in [-0.05, 0) is 154 Å². The number of ether oxygens (including phenoxy) is 11. The van der Waals surface area contributed by atoms with Crippen molar-refractivity contribution < 1.29 is 52.1 Å². The van der Waals surface area contributed by atoms with E-state index < -0.39 is 54.8 Å². The summed E-state index contributed by atoms with van der Waals surface area (Å²) in [5.41, 5.74) is 0. The quantitative estimate of drug-likeness (QED) is 0.0430. The second-order valence-corrected chi connectivity index (χ2v) is 21.7. The highest BCUT2D eigenvalue weighted by Crippen LogP contribution is 2.41. The third-order valence-corrected chi connectivity index (χ3v) is 14.3. The maximum absolute atomic E-state index is 7.63. The van der Waals surface area contributed by atoms with Crippen molar-refractivity contribution in [3.05, 3.63) is 198 Å². The molecule has 11 heteroatoms. The van der Waals surface area contributed by atoms with Crippen molar-refractivity contribution in [1.29, 1.82) is 0 Å². The van der Waals surface area contributed by atoms with Gasteiger partial charge in [0.25, 0.3) is 0 Å². The minimum absolute atomic E-state index is 0.0577. The maximum Gasteiger partial charge on any atom is 0.224 e. The van der Waals surface area contributed by atoms with Crippen LogP contribution in [0.25, 0.3) is 0 Å². The Morgan fingerprint density at radius 3 is 0.954 bits per heavy atom. The molecular formula is C76H118O11. The van der Waals surface area contributed by atoms with Crippen molar-refractivity contribution >= 4 is 0 Å². The molecule has 0 radical (unpaired) electrons. The van der Waals surface area contributed by atoms with Crippen molar-refractivity contribution in [2.45, 2.75) is 209 Å². The van der Waals surface area contributed by atoms with Crippen molar-refractivity contribution in [1.82, 2.24) is 0 Å². The Bertz CT molecular complexity index is 2000. The van der Waals surface area contributed by atoms with Gasteiger partial charge in [-0.1, -0.05) is 146 Å². The summed E-state index contributed by atoms with van der Waals surface area (Å²) < 4.78 is 77.1. The molecule has 87 heavy (non-hydrogen) atoms. The van der Waals surface area contributed by atoms with Gasteiger partial charge in [0.05, 0.1) is 66.1 Å². The molecule has 0 amide bonds. The molecule has 0 saturated carbocycles. The van der Waals surface area contributed by atoms with E-state index in [0.717, 1.165) is 154 Å². The second-order valence-electron chi connectivity index (χ2n) is 21.7. The van der Waals surface area contributed by atoms with Crippen LogP contribution in [0.3, 0.4) is 0 Å². The summed E-state index contributed by atoms with van der Waals surface area (Å²) >= 11 is 0. The van der Waals surface area contributed by atoms with Gasteiger partial charge in [0.2, 0.25) is 5.79 Å². The van der Waals surface area contributed by atoms with E-state index in [0.29, 0.717) is 26.4 Å². The van der Waals surface area contributed by atoms with E-state index in [1.165, 1.54) is 0 Å². The minimum atomic E-state index is -1.65. The molecule has 0 spiro atoms. The van der Waals surface area contributed by atoms with Gasteiger partial charge < -0.3 is 52.1 Å². The van der Waals surface area contributed by atoms with Crippen LogP contribution in [-0.4, -0.2) is 127 Å². The van der Waals surface area contributed by atoms with E-state index in [4.69, 9.17) is 52.1 Å². The minimum Gasteiger partial charge on any atom is -0.375 e. The molecule has 0 aromatic carbocycles. The summed E-state index contributed by atoms with van der Waals surface area (Å²) in [6.07, 6.45) is 65.5. The Balaban J connectivity index is 3.00. The fraction of sp³-hybridized carbons (Fsp3) is 0.579. The van der Waals surface area contributed by atoms with Gasteiger partial charge in [0.15, 0.2) is 6.29 Å². The summed E-state index contributed by atoms with van der Waals surface area (Å²) in [6, 6.07) is 0. The Labute approximate surface area is 529 Å². The van der Waals surface area contributed by atoms with Gasteiger partial charge in [0, 0.05) is 0 Å². The molecular weight excluding hydrogens is 1090 g/mol. The predicted molar refractivity (Wildman–Crippen MR) is 364 cm³/mol. The first-order chi connectivity index (χ1) is 43.0. The average Bonchev–Trinajstić information content (AvgIpc) is 1.96. The highest BCUT2D eigenvalue weighted by molar-refractivity contribution is 5.04. The summed E-state index contributed by atoms with van der Waals surface area (Å²) in [5, 5.41) is 0. The van der Waals surface area contributed by atoms with E-state index in [2.05, 4.69) is 138 Å². The van der Waals surface area contributed by atoms with Crippen LogP contribution in [0, 0.1) is 0 Å². The van der Waals surface area contributed by atoms with Gasteiger partial charge >= 0.3 is 0 Å². The topological polar surface area (TPSA) is 102 Å². The standard InChI is InChI=1S/C76H118O11/c1-9-17-25-33-41-49-57-77-65-68-70(80-60-52-44-36-28-20-12-4)72(82-62-54-46-38-30-22-14-6)73(83-63-55-47-39-31-23-15-7)75(85-68)87-76(67-79-59-51-43-35-27-19-11-3)74(84-64-56-48-40-32-24-16-8)71(81-61-53-45-37-29-21-13-5)69(86-76)66-78-58-50-42-34-26-18-10-2/h9-16,41-56,68-75H,1-8,17-40,57-67H2/b49-41+,50-42+,51-43+,52-44+,53-45+,54-46+,55-47+,56-48+/t68-,69-,70-,71-,72+,73-,74+,75-,76+/m1/s1. The Kier molecular flexibility index (Phi) is 52.2. The first kappa shape index (κ1) is 78.5. The van der Waals surface area contributed by atoms with Crippen LogP contribution in [0.1, 0.15) is 154 Å². The summed E-state index contributed by atoms with van der Waals surface area (Å²) in [5.74, 6) is -1.65. The highest BCUT2D eigenvalue weighted by atomic mass is 16.8. The predicted octanol–water partition coefficient (Wildman–Crippen LogP) is 18.1. The Hall–Kier alpha value is -4.60. The summed E-state index contributed by atoms with van der Waals surface area (Å²) in [7, 11) is 0. The maximum atomic E-state index is 7.63. The van der Waals surface area contributed by atoms with E-state index in [1.54, 1.807) is 0 Å². The number of hydrogen-bond acceptors (Lipinski definition) is 11. The van der Waals surface area contributed by atoms with Gasteiger partial charge in [0.1, 0.15) is 49.3 Å². The average molecular weight is 1210 g/mol. The molecule has 2 aliphatic heterocycles. The van der Waals surface area contributed by atoms with E-state index >= 15 is 0 Å². The molecule has 9 atom stereocenters. The van der Waals surface area contributed by atoms with Crippen LogP contribution in [0.4, 0.5) is 0 Å². The molecule has 2 saturated heterocycles. The SMILES string of the molecule is C=CCCC/C=C/COC[C@H]1O[C@@](COC/C=C/CCCC=C)(O[C@H]2O[C@H](COC/C=C/CCCC=C)[C@@H](OC/C=C/CCCC=C)[C@H](OC/C=C/CCCC=C)[C@H]2OC/C=C/CCCC=C)[C@@H](OC/C=C/CCCC=C)[C@@H]1OC/C=C/CCCC=C. The van der Waals surface area contributed by atoms with Crippen LogP contribution in [0.5, 0.6) is 0 Å². The summed E-state index contributed by atoms with van der Waals surface area (Å²) in [4.78, 5) is 0. The lowest BCUT2D eigenvalue weighted by molar-refractivity contribution is -0.393. The van der Waals surface area contributed by atoms with Crippen molar-refractivity contribution in [3.63, 3.8) is 0 Å². The van der Waals surface area contributed by atoms with Crippen molar-refractivity contribution in [2.24, 2.45) is 0 Å². The van der Waals surface area contributed by atoms with Gasteiger partial charge in [-0.3, -0.25) is 0 Å². The molecule has 0 aromatic rings. The monoisotopic (exact) mass is 1210 g/mol. The summed E-state index contributed by atoms with van der Waals surface area (Å²) in [6.45, 7) is 34.0. The number of unbranched alkanes of at least 4 members (excludes halogenated alkanes) is 16. The third-order valence-electron chi connectivity index (χ3n) is 14.3. The lowest BCUT2D eigenvalue weighted by Crippen LogP contribution is -2.65. The first-order valence-electron chi connectivity index (χ1n) is 32.9. The van der Waals surface area contributed by atoms with Crippen molar-refractivity contribution in [2.75, 3.05) is 72.7 Å². The van der Waals surface area contributed by atoms with Crippen LogP contribution >= 0.6 is 0 Å². The molecule has 11 nitrogen and oxygen atoms in total. The second kappa shape index (κ2) is 57.8. The largest absolute Gasteiger partial charge is 0.375 e. The fourth-order valence-electron chi connectivity index (χ4n) is 9.62. The zero-order chi connectivity index (χ0) is 62.6. The number of allylic oxidation sites excluding steroid dienone is 16. The van der Waals surface area contributed by atoms with Crippen LogP contribution in [-0.2, 0) is 52.1 Å². The molecule has 0 bridgehead atoms. The highest BCUT2D eigenvalue weighted by Gasteiger charge is 2.61. The molecule has 0 unspecified atom stereocenters. The fourth-order valence-corrected chi connectivity index (χ4v) is 9.62. The molecule has 0 aromatic heterocycles. The van der Waals surface area contributed by atoms with Gasteiger partial charge in [-0.2, -0.15) is 0 Å². The normalized spacial score (nSPS) is 22.6. The third kappa shape index (κ3) is 38.5. The van der Waals surface area contributed by atoms with E-state index in [-0.39, 0.29) is 46.2 Å². The number of rotatable bonds is 61. The van der Waals surface area contributed by atoms with E-state index in [1.807, 2.05) is 60.8 Å². The molecule has 2 heterocycles. The Morgan fingerprint density at radius 2 is 0.586 bits per heavy atom. The first-order valence-corrected chi connectivity index (χ1v) is 32.9. The number of hydrogen-bond donors (Lipinski definition) is 0. The molecule has 2 fully saturated rings. The zero-order valence-electron chi connectivity index (χ0n) is 53.9. The van der Waals surface area contributed by atoms with Crippen LogP contribution in [0.15, 0.2) is 198 Å². The molecule has 0 aliphatic carbocycles. The molecule has 488 valence electrons. The van der Waals surface area contributed by atoms with Crippen LogP contribution in [0.2, 0.25) is 0 Å². The smallest absolute Gasteiger partial charge is 0.224 e.